The maximum atomic E-state index is 13.4. The molecule has 176 valence electrons. The molecule has 1 unspecified atom stereocenters. The first kappa shape index (κ1) is 24.3. The maximum absolute atomic E-state index is 13.4. The highest BCUT2D eigenvalue weighted by atomic mass is 16.2. The van der Waals surface area contributed by atoms with Crippen molar-refractivity contribution < 1.29 is 14.4 Å². The molecule has 0 saturated carbocycles. The molecule has 33 heavy (non-hydrogen) atoms. The highest BCUT2D eigenvalue weighted by Gasteiger charge is 2.52. The third-order valence-electron chi connectivity index (χ3n) is 6.10. The van der Waals surface area contributed by atoms with Gasteiger partial charge < -0.3 is 15.5 Å². The first-order chi connectivity index (χ1) is 15.8. The van der Waals surface area contributed by atoms with Crippen molar-refractivity contribution in [2.75, 3.05) is 23.3 Å². The van der Waals surface area contributed by atoms with E-state index >= 15 is 0 Å². The molecule has 1 aliphatic rings. The van der Waals surface area contributed by atoms with E-state index < -0.39 is 17.5 Å². The Morgan fingerprint density at radius 3 is 2.30 bits per heavy atom. The van der Waals surface area contributed by atoms with Crippen LogP contribution in [0, 0.1) is 0 Å². The predicted octanol–water partition coefficient (Wildman–Crippen LogP) is 4.50. The summed E-state index contributed by atoms with van der Waals surface area (Å²) < 4.78 is 0. The number of hydrogen-bond donors (Lipinski definition) is 2. The lowest BCUT2D eigenvalue weighted by atomic mass is 9.85. The van der Waals surface area contributed by atoms with Crippen LogP contribution in [0.4, 0.5) is 16.2 Å². The number of carbonyl (C=O) groups excluding carboxylic acids is 3. The molecule has 3 rings (SSSR count). The topological polar surface area (TPSA) is 81.8 Å². The van der Waals surface area contributed by atoms with Gasteiger partial charge in [-0.05, 0) is 57.0 Å². The monoisotopic (exact) mass is 450 g/mol. The van der Waals surface area contributed by atoms with E-state index in [0.29, 0.717) is 18.2 Å². The second-order valence-electron chi connectivity index (χ2n) is 8.67. The molecule has 2 aromatic carbocycles. The van der Waals surface area contributed by atoms with Gasteiger partial charge in [-0.3, -0.25) is 14.5 Å². The zero-order valence-corrected chi connectivity index (χ0v) is 19.9. The van der Waals surface area contributed by atoms with Crippen molar-refractivity contribution in [3.63, 3.8) is 0 Å². The Bertz CT molecular complexity index is 975. The smallest absolute Gasteiger partial charge is 0.325 e. The van der Waals surface area contributed by atoms with Crippen molar-refractivity contribution >= 4 is 29.2 Å². The van der Waals surface area contributed by atoms with Crippen LogP contribution in [0.2, 0.25) is 0 Å². The molecule has 2 aromatic rings. The SMILES string of the molecule is CCCCC1(c2ccccc2)NC(=O)N(CC(=O)Nc2ccc(N(CC)C(C)C)cc2)C1=O. The molecule has 7 heteroatoms. The zero-order chi connectivity index (χ0) is 24.0. The number of benzene rings is 2. The van der Waals surface area contributed by atoms with Gasteiger partial charge in [0.15, 0.2) is 0 Å². The van der Waals surface area contributed by atoms with E-state index in [1.807, 2.05) is 61.5 Å². The van der Waals surface area contributed by atoms with Crippen molar-refractivity contribution in [1.29, 1.82) is 0 Å². The molecule has 0 aromatic heterocycles. The fourth-order valence-corrected chi connectivity index (χ4v) is 4.37. The first-order valence-corrected chi connectivity index (χ1v) is 11.7. The van der Waals surface area contributed by atoms with Gasteiger partial charge in [0.25, 0.3) is 5.91 Å². The van der Waals surface area contributed by atoms with Gasteiger partial charge in [-0.2, -0.15) is 0 Å². The Hall–Kier alpha value is -3.35. The quantitative estimate of drug-likeness (QED) is 0.522. The van der Waals surface area contributed by atoms with Crippen LogP contribution in [0.3, 0.4) is 0 Å². The van der Waals surface area contributed by atoms with E-state index in [0.717, 1.165) is 35.5 Å². The summed E-state index contributed by atoms with van der Waals surface area (Å²) in [4.78, 5) is 42.1. The van der Waals surface area contributed by atoms with Crippen LogP contribution < -0.4 is 15.5 Å². The number of imide groups is 1. The van der Waals surface area contributed by atoms with Crippen molar-refractivity contribution in [2.45, 2.75) is 58.5 Å². The Morgan fingerprint density at radius 1 is 1.06 bits per heavy atom. The van der Waals surface area contributed by atoms with E-state index in [1.165, 1.54) is 0 Å². The average molecular weight is 451 g/mol. The predicted molar refractivity (Wildman–Crippen MR) is 131 cm³/mol. The number of unbranched alkanes of at least 4 members (excludes halogenated alkanes) is 1. The number of nitrogens with zero attached hydrogens (tertiary/aromatic N) is 2. The third-order valence-corrected chi connectivity index (χ3v) is 6.10. The molecule has 0 aliphatic carbocycles. The second-order valence-corrected chi connectivity index (χ2v) is 8.67. The molecular weight excluding hydrogens is 416 g/mol. The number of amides is 4. The van der Waals surface area contributed by atoms with E-state index in [1.54, 1.807) is 0 Å². The minimum atomic E-state index is -1.13. The van der Waals surface area contributed by atoms with Gasteiger partial charge in [0.1, 0.15) is 12.1 Å². The fourth-order valence-electron chi connectivity index (χ4n) is 4.37. The van der Waals surface area contributed by atoms with Gasteiger partial charge in [-0.25, -0.2) is 4.79 Å². The molecule has 0 radical (unpaired) electrons. The molecule has 7 nitrogen and oxygen atoms in total. The molecule has 2 N–H and O–H groups in total. The molecule has 1 heterocycles. The number of urea groups is 1. The zero-order valence-electron chi connectivity index (χ0n) is 19.9. The first-order valence-electron chi connectivity index (χ1n) is 11.7. The Balaban J connectivity index is 1.72. The number of anilines is 2. The number of rotatable bonds is 10. The summed E-state index contributed by atoms with van der Waals surface area (Å²) >= 11 is 0. The summed E-state index contributed by atoms with van der Waals surface area (Å²) in [7, 11) is 0. The minimum absolute atomic E-state index is 0.333. The Morgan fingerprint density at radius 2 is 1.73 bits per heavy atom. The summed E-state index contributed by atoms with van der Waals surface area (Å²) in [6, 6.07) is 16.7. The summed E-state index contributed by atoms with van der Waals surface area (Å²) in [6.07, 6.45) is 2.15. The van der Waals surface area contributed by atoms with Crippen LogP contribution in [0.15, 0.2) is 54.6 Å². The van der Waals surface area contributed by atoms with Crippen LogP contribution in [-0.2, 0) is 15.1 Å². The van der Waals surface area contributed by atoms with E-state index in [4.69, 9.17) is 0 Å². The van der Waals surface area contributed by atoms with Crippen LogP contribution in [-0.4, -0.2) is 41.9 Å². The van der Waals surface area contributed by atoms with E-state index in [-0.39, 0.29) is 12.5 Å². The standard InChI is InChI=1S/C26H34N4O3/c1-5-7-17-26(20-11-9-8-10-12-20)24(32)30(25(33)28-26)18-23(31)27-21-13-15-22(16-14-21)29(6-2)19(3)4/h8-16,19H,5-7,17-18H2,1-4H3,(H,27,31)(H,28,33). The lowest BCUT2D eigenvalue weighted by molar-refractivity contribution is -0.134. The van der Waals surface area contributed by atoms with Gasteiger partial charge >= 0.3 is 6.03 Å². The Labute approximate surface area is 196 Å². The van der Waals surface area contributed by atoms with Crippen LogP contribution in [0.1, 0.15) is 52.5 Å². The minimum Gasteiger partial charge on any atom is -0.369 e. The van der Waals surface area contributed by atoms with Crippen LogP contribution >= 0.6 is 0 Å². The summed E-state index contributed by atoms with van der Waals surface area (Å²) in [5.41, 5.74) is 1.30. The van der Waals surface area contributed by atoms with Crippen molar-refractivity contribution in [2.24, 2.45) is 0 Å². The van der Waals surface area contributed by atoms with Crippen molar-refractivity contribution in [3.05, 3.63) is 60.2 Å². The van der Waals surface area contributed by atoms with E-state index in [2.05, 4.69) is 36.3 Å². The van der Waals surface area contributed by atoms with Crippen molar-refractivity contribution in [3.8, 4) is 0 Å². The molecule has 1 aliphatic heterocycles. The van der Waals surface area contributed by atoms with Gasteiger partial charge in [0.2, 0.25) is 5.91 Å². The molecule has 1 saturated heterocycles. The average Bonchev–Trinajstić information content (AvgIpc) is 3.04. The number of carbonyl (C=O) groups is 3. The lowest BCUT2D eigenvalue weighted by Gasteiger charge is -2.27. The summed E-state index contributed by atoms with van der Waals surface area (Å²) in [6.45, 7) is 8.96. The third kappa shape index (κ3) is 5.18. The van der Waals surface area contributed by atoms with E-state index in [9.17, 15) is 14.4 Å². The van der Waals surface area contributed by atoms with Gasteiger partial charge in [-0.15, -0.1) is 0 Å². The fraction of sp³-hybridized carbons (Fsp3) is 0.423. The molecule has 0 bridgehead atoms. The number of nitrogens with one attached hydrogen (secondary N) is 2. The van der Waals surface area contributed by atoms with Gasteiger partial charge in [0.05, 0.1) is 0 Å². The molecule has 4 amide bonds. The number of hydrogen-bond acceptors (Lipinski definition) is 4. The second kappa shape index (κ2) is 10.5. The summed E-state index contributed by atoms with van der Waals surface area (Å²) in [5.74, 6) is -0.796. The van der Waals surface area contributed by atoms with Gasteiger partial charge in [0, 0.05) is 24.0 Å². The maximum Gasteiger partial charge on any atom is 0.325 e. The highest BCUT2D eigenvalue weighted by molar-refractivity contribution is 6.10. The molecule has 1 fully saturated rings. The van der Waals surface area contributed by atoms with Crippen molar-refractivity contribution in [1.82, 2.24) is 10.2 Å². The van der Waals surface area contributed by atoms with Crippen LogP contribution in [0.25, 0.3) is 0 Å². The van der Waals surface area contributed by atoms with Gasteiger partial charge in [-0.1, -0.05) is 50.1 Å². The normalized spacial score (nSPS) is 17.9. The molecule has 1 atom stereocenters. The molecule has 0 spiro atoms. The molecular formula is C26H34N4O3. The van der Waals surface area contributed by atoms with Crippen LogP contribution in [0.5, 0.6) is 0 Å². The summed E-state index contributed by atoms with van der Waals surface area (Å²) in [5, 5.41) is 5.68. The highest BCUT2D eigenvalue weighted by Crippen LogP contribution is 2.34. The largest absolute Gasteiger partial charge is 0.369 e. The lowest BCUT2D eigenvalue weighted by Crippen LogP contribution is -2.44. The Kier molecular flexibility index (Phi) is 7.74.